The van der Waals surface area contributed by atoms with Crippen molar-refractivity contribution >= 4 is 88.0 Å². The Labute approximate surface area is 670 Å². The van der Waals surface area contributed by atoms with Crippen LogP contribution >= 0.6 is 0 Å². The van der Waals surface area contributed by atoms with Crippen molar-refractivity contribution in [1.82, 2.24) is 31.5 Å². The van der Waals surface area contributed by atoms with E-state index in [1.807, 2.05) is 0 Å². The predicted octanol–water partition coefficient (Wildman–Crippen LogP) is -3.23. The molecule has 2 heterocycles. The SMILES string of the molecule is C[C@H]1O[C@H](O[C@@H]2C[C@@](O)(C(=O)CO)Cc3c(O)c4c(c(O)c32)C(=O)c2c(CO)cccc2C4=O)C[C@@H](NC(=O)C(CCCN=C(N)N)NC(=O)C(CO)CC(=O)C(Cc2ccc(O)cc2)NC(=O)C(CC(=O)C(CO)NC(=O)C(CO)CC(=O)C(CCCN=C(N)N)NC(=O)CCCCCN2C(=O)C=CC2=O)Cc2ccc(O)cc2)[C@H]1O. The maximum absolute atomic E-state index is 14.9. The van der Waals surface area contributed by atoms with Crippen LogP contribution in [0.25, 0.3) is 0 Å². The fourth-order valence-electron chi connectivity index (χ4n) is 14.5. The number of guanidine groups is 2. The molecule has 1 saturated heterocycles. The number of phenolic OH excluding ortho intramolecular Hbond substituents is 4. The van der Waals surface area contributed by atoms with Crippen molar-refractivity contribution in [3.05, 3.63) is 129 Å². The molecule has 4 aromatic carbocycles. The molecule has 0 saturated carbocycles. The lowest BCUT2D eigenvalue weighted by Gasteiger charge is -2.43. The van der Waals surface area contributed by atoms with E-state index in [2.05, 4.69) is 36.6 Å². The van der Waals surface area contributed by atoms with Crippen LogP contribution in [0.15, 0.2) is 88.9 Å². The highest BCUT2D eigenvalue weighted by atomic mass is 16.7. The second-order valence-electron chi connectivity index (χ2n) is 29.3. The second kappa shape index (κ2) is 41.9. The summed E-state index contributed by atoms with van der Waals surface area (Å²) in [7, 11) is 0. The van der Waals surface area contributed by atoms with Crippen LogP contribution in [0.4, 0.5) is 0 Å². The van der Waals surface area contributed by atoms with Gasteiger partial charge in [-0.1, -0.05) is 48.9 Å². The first-order chi connectivity index (χ1) is 55.6. The van der Waals surface area contributed by atoms with E-state index < -0.39 is 254 Å². The Morgan fingerprint density at radius 1 is 0.598 bits per heavy atom. The molecule has 24 N–H and O–H groups in total. The van der Waals surface area contributed by atoms with Gasteiger partial charge in [-0.25, -0.2) is 0 Å². The standard InChI is InChI=1S/C79H100N12O26/c1-39-68(106)53(31-63(116-39)117-58-33-79(115,59(102)38-96)32-49-65(58)72(110)67-66(70(49)108)69(107)48-9-5-8-42(34-92)64(48)71(67)109)89-76(114)51(11-7-24-85-78(82)83)87-74(112)45(36-94)30-56(100)52(27-41-15-19-47(98)20-16-41)88-73(111)43(26-40-13-17-46(97)18-14-40)28-57(101)54(37-95)90-75(113)44(35-93)29-55(99)50(10-6-23-84-77(80)81)86-60(103)12-3-2-4-25-91-61(104)21-22-62(91)105/h5,8-9,13-22,39,43-45,50-54,58,63,68,92-98,106,108,110,115H,2-4,6-7,10-12,23-38H2,1H3,(H,86,103)(H,87,112)(H,88,111)(H,89,114)(H,90,113)(H4,80,81,84)(H4,82,83,85)/t39-,43?,44?,45?,50?,51?,52?,53-,54?,58-,63-,68+,79-/m1/s1. The lowest BCUT2D eigenvalue weighted by molar-refractivity contribution is -0.249. The zero-order valence-corrected chi connectivity index (χ0v) is 64.1. The number of rotatable bonds is 44. The van der Waals surface area contributed by atoms with Crippen molar-refractivity contribution in [3.8, 4) is 23.0 Å². The molecule has 1 fully saturated rings. The third-order valence-electron chi connectivity index (χ3n) is 20.9. The largest absolute Gasteiger partial charge is 0.508 e. The monoisotopic (exact) mass is 1630 g/mol. The summed E-state index contributed by atoms with van der Waals surface area (Å²) in [5, 5.41) is 133. The number of ketones is 6. The Hall–Kier alpha value is -11.5. The number of phenols is 4. The first kappa shape index (κ1) is 91.0. The highest BCUT2D eigenvalue weighted by molar-refractivity contribution is 6.31. The fraction of sp³-hybridized carbons (Fsp3) is 0.481. The van der Waals surface area contributed by atoms with E-state index in [9.17, 15) is 119 Å². The summed E-state index contributed by atoms with van der Waals surface area (Å²) in [6.45, 7) is -3.64. The van der Waals surface area contributed by atoms with Gasteiger partial charge in [0.25, 0.3) is 11.8 Å². The molecule has 117 heavy (non-hydrogen) atoms. The summed E-state index contributed by atoms with van der Waals surface area (Å²) >= 11 is 0. The molecule has 13 atom stereocenters. The number of aliphatic hydroxyl groups excluding tert-OH is 6. The van der Waals surface area contributed by atoms with Gasteiger partial charge in [0.2, 0.25) is 29.5 Å². The summed E-state index contributed by atoms with van der Waals surface area (Å²) in [5.41, 5.74) is 17.5. The van der Waals surface area contributed by atoms with Crippen molar-refractivity contribution < 1.29 is 128 Å². The summed E-state index contributed by atoms with van der Waals surface area (Å²) in [5.74, 6) is -18.9. The topological polar surface area (TPSA) is 655 Å². The van der Waals surface area contributed by atoms with Gasteiger partial charge in [-0.15, -0.1) is 0 Å². The zero-order valence-electron chi connectivity index (χ0n) is 64.1. The van der Waals surface area contributed by atoms with E-state index in [4.69, 9.17) is 32.4 Å². The lowest BCUT2D eigenvalue weighted by atomic mass is 9.71. The summed E-state index contributed by atoms with van der Waals surface area (Å²) in [6, 6.07) is 7.16. The van der Waals surface area contributed by atoms with E-state index in [1.54, 1.807) is 0 Å². The van der Waals surface area contributed by atoms with Gasteiger partial charge in [-0.3, -0.25) is 77.2 Å². The van der Waals surface area contributed by atoms with E-state index in [0.717, 1.165) is 17.1 Å². The molecule has 7 amide bonds. The van der Waals surface area contributed by atoms with Crippen molar-refractivity contribution in [2.45, 2.75) is 177 Å². The number of unbranched alkanes of at least 4 members (excludes halogenated alkanes) is 2. The number of aliphatic hydroxyl groups is 7. The van der Waals surface area contributed by atoms with Crippen LogP contribution in [0, 0.1) is 17.8 Å². The van der Waals surface area contributed by atoms with Gasteiger partial charge in [0, 0.05) is 105 Å². The number of carbonyl (C=O) groups is 13. The molecule has 0 aromatic heterocycles. The highest BCUT2D eigenvalue weighted by Crippen LogP contribution is 2.52. The molecule has 632 valence electrons. The maximum Gasteiger partial charge on any atom is 0.253 e. The average molecular weight is 1630 g/mol. The minimum Gasteiger partial charge on any atom is -0.508 e. The number of benzene rings is 4. The Morgan fingerprint density at radius 3 is 1.69 bits per heavy atom. The minimum absolute atomic E-state index is 0.0102. The second-order valence-corrected chi connectivity index (χ2v) is 29.3. The summed E-state index contributed by atoms with van der Waals surface area (Å²) < 4.78 is 12.4. The maximum atomic E-state index is 14.9. The quantitative estimate of drug-likeness (QED) is 0.00599. The Kier molecular flexibility index (Phi) is 32.6. The van der Waals surface area contributed by atoms with Crippen LogP contribution in [0.2, 0.25) is 0 Å². The van der Waals surface area contributed by atoms with Crippen LogP contribution in [0.3, 0.4) is 0 Å². The molecule has 0 radical (unpaired) electrons. The van der Waals surface area contributed by atoms with Gasteiger partial charge in [0.05, 0.1) is 79.7 Å². The van der Waals surface area contributed by atoms with Gasteiger partial charge in [-0.2, -0.15) is 0 Å². The zero-order chi connectivity index (χ0) is 85.7. The number of fused-ring (bicyclic) bond motifs is 3. The van der Waals surface area contributed by atoms with E-state index in [1.165, 1.54) is 73.7 Å². The number of imide groups is 1. The highest BCUT2D eigenvalue weighted by Gasteiger charge is 2.51. The number of aliphatic imine (C=N–C) groups is 2. The van der Waals surface area contributed by atoms with Gasteiger partial charge >= 0.3 is 0 Å². The lowest BCUT2D eigenvalue weighted by Crippen LogP contribution is -2.59. The third kappa shape index (κ3) is 23.6. The fourth-order valence-corrected chi connectivity index (χ4v) is 14.5. The van der Waals surface area contributed by atoms with Crippen LogP contribution in [-0.2, 0) is 88.1 Å². The van der Waals surface area contributed by atoms with E-state index in [-0.39, 0.29) is 110 Å². The number of ether oxygens (including phenoxy) is 2. The first-order valence-electron chi connectivity index (χ1n) is 38.0. The van der Waals surface area contributed by atoms with Gasteiger partial charge < -0.3 is 115 Å². The van der Waals surface area contributed by atoms with Crippen molar-refractivity contribution in [2.24, 2.45) is 50.7 Å². The van der Waals surface area contributed by atoms with Crippen LogP contribution in [0.1, 0.15) is 156 Å². The molecule has 2 aliphatic carbocycles. The summed E-state index contributed by atoms with van der Waals surface area (Å²) in [4.78, 5) is 189. The number of hydrogen-bond donors (Lipinski definition) is 20. The number of nitrogens with zero attached hydrogens (tertiary/aromatic N) is 3. The minimum atomic E-state index is -2.56. The molecular formula is C79H100N12O26. The summed E-state index contributed by atoms with van der Waals surface area (Å²) in [6.07, 6.45) is -8.04. The molecular weight excluding hydrogens is 1530 g/mol. The third-order valence-corrected chi connectivity index (χ3v) is 20.9. The normalized spacial score (nSPS) is 19.9. The molecule has 0 spiro atoms. The van der Waals surface area contributed by atoms with Crippen LogP contribution < -0.4 is 49.5 Å². The van der Waals surface area contributed by atoms with Crippen molar-refractivity contribution in [3.63, 3.8) is 0 Å². The average Bonchev–Trinajstić information content (AvgIpc) is 1.19. The van der Waals surface area contributed by atoms with Gasteiger partial charge in [0.15, 0.2) is 52.9 Å². The molecule has 7 unspecified atom stereocenters. The van der Waals surface area contributed by atoms with E-state index >= 15 is 0 Å². The number of aromatic hydroxyl groups is 4. The smallest absolute Gasteiger partial charge is 0.253 e. The Morgan fingerprint density at radius 2 is 1.13 bits per heavy atom. The molecule has 2 aliphatic heterocycles. The predicted molar refractivity (Wildman–Crippen MR) is 411 cm³/mol. The molecule has 38 nitrogen and oxygen atoms in total. The molecule has 4 aromatic rings. The number of carbonyl (C=O) groups excluding carboxylic acids is 13. The van der Waals surface area contributed by atoms with Crippen LogP contribution in [0.5, 0.6) is 23.0 Å². The van der Waals surface area contributed by atoms with E-state index in [0.29, 0.717) is 30.4 Å². The van der Waals surface area contributed by atoms with Crippen LogP contribution in [-0.4, -0.2) is 249 Å². The number of Topliss-reactive ketones (excluding diaryl/α,β-unsaturated/α-hetero) is 4. The molecule has 38 heteroatoms. The molecule has 0 bridgehead atoms. The first-order valence-corrected chi connectivity index (χ1v) is 38.0. The van der Waals surface area contributed by atoms with Crippen molar-refractivity contribution in [1.29, 1.82) is 0 Å². The van der Waals surface area contributed by atoms with Gasteiger partial charge in [-0.05, 0) is 99.2 Å². The number of nitrogens with one attached hydrogen (secondary N) is 5. The Balaban J connectivity index is 0.975. The van der Waals surface area contributed by atoms with Crippen molar-refractivity contribution in [2.75, 3.05) is 46.1 Å². The Bertz CT molecular complexity index is 4430. The molecule has 8 rings (SSSR count). The number of amides is 7. The number of nitrogens with two attached hydrogens (primary N) is 4. The number of hydrogen-bond acceptors (Lipinski definition) is 28. The van der Waals surface area contributed by atoms with Gasteiger partial charge in [0.1, 0.15) is 53.4 Å². The molecule has 4 aliphatic rings.